The third-order valence-electron chi connectivity index (χ3n) is 3.59. The van der Waals surface area contributed by atoms with Gasteiger partial charge in [0.25, 0.3) is 0 Å². The zero-order valence-corrected chi connectivity index (χ0v) is 10.6. The zero-order valence-electron chi connectivity index (χ0n) is 10.6. The number of allylic oxidation sites excluding steroid dienone is 5. The maximum Gasteiger partial charge on any atom is 0.0125 e. The van der Waals surface area contributed by atoms with E-state index < -0.39 is 0 Å². The van der Waals surface area contributed by atoms with E-state index in [1.807, 2.05) is 0 Å². The van der Waals surface area contributed by atoms with Gasteiger partial charge in [-0.05, 0) is 17.9 Å². The van der Waals surface area contributed by atoms with Crippen molar-refractivity contribution >= 4 is 6.08 Å². The monoisotopic (exact) mass is 224 g/mol. The molecule has 1 aromatic carbocycles. The summed E-state index contributed by atoms with van der Waals surface area (Å²) in [4.78, 5) is 0. The second-order valence-electron chi connectivity index (χ2n) is 5.00. The molecule has 0 amide bonds. The predicted octanol–water partition coefficient (Wildman–Crippen LogP) is 4.86. The smallest absolute Gasteiger partial charge is 0.0125 e. The molecule has 1 aliphatic rings. The molecule has 0 N–H and O–H groups in total. The SMILES string of the molecule is CC(C)C1(C=Cc2ccccc2)C=CC=CC1. The highest BCUT2D eigenvalue weighted by Crippen LogP contribution is 2.37. The summed E-state index contributed by atoms with van der Waals surface area (Å²) >= 11 is 0. The Morgan fingerprint density at radius 1 is 1.12 bits per heavy atom. The molecule has 1 aromatic rings. The second-order valence-corrected chi connectivity index (χ2v) is 5.00. The first-order chi connectivity index (χ1) is 8.23. The molecule has 0 saturated heterocycles. The van der Waals surface area contributed by atoms with Crippen molar-refractivity contribution in [2.24, 2.45) is 11.3 Å². The zero-order chi connectivity index (χ0) is 12.1. The first-order valence-electron chi connectivity index (χ1n) is 6.32. The Bertz CT molecular complexity index is 434. The molecule has 0 bridgehead atoms. The van der Waals surface area contributed by atoms with E-state index in [9.17, 15) is 0 Å². The van der Waals surface area contributed by atoms with Crippen molar-refractivity contribution in [3.05, 3.63) is 66.3 Å². The van der Waals surface area contributed by atoms with Crippen LogP contribution in [0.15, 0.2) is 60.7 Å². The van der Waals surface area contributed by atoms with E-state index in [-0.39, 0.29) is 5.41 Å². The molecule has 1 aliphatic carbocycles. The van der Waals surface area contributed by atoms with E-state index >= 15 is 0 Å². The fourth-order valence-electron chi connectivity index (χ4n) is 2.21. The summed E-state index contributed by atoms with van der Waals surface area (Å²) in [6.45, 7) is 4.58. The Morgan fingerprint density at radius 3 is 2.47 bits per heavy atom. The van der Waals surface area contributed by atoms with Gasteiger partial charge in [0, 0.05) is 5.41 Å². The standard InChI is InChI=1S/C17H20/c1-15(2)17(12-7-4-8-13-17)14-11-16-9-5-3-6-10-16/h3-12,14-15H,13H2,1-2H3. The topological polar surface area (TPSA) is 0 Å². The molecule has 0 nitrogen and oxygen atoms in total. The van der Waals surface area contributed by atoms with Crippen molar-refractivity contribution < 1.29 is 0 Å². The molecule has 0 heterocycles. The van der Waals surface area contributed by atoms with E-state index in [1.165, 1.54) is 5.56 Å². The molecule has 0 radical (unpaired) electrons. The fraction of sp³-hybridized carbons (Fsp3) is 0.294. The first kappa shape index (κ1) is 11.9. The van der Waals surface area contributed by atoms with Crippen LogP contribution in [0.1, 0.15) is 25.8 Å². The maximum atomic E-state index is 2.35. The van der Waals surface area contributed by atoms with Crippen LogP contribution in [0, 0.1) is 11.3 Å². The van der Waals surface area contributed by atoms with Crippen molar-refractivity contribution in [1.82, 2.24) is 0 Å². The third kappa shape index (κ3) is 2.76. The molecule has 1 atom stereocenters. The van der Waals surface area contributed by atoms with Gasteiger partial charge in [-0.25, -0.2) is 0 Å². The van der Waals surface area contributed by atoms with Crippen LogP contribution in [-0.4, -0.2) is 0 Å². The van der Waals surface area contributed by atoms with E-state index in [1.54, 1.807) is 0 Å². The first-order valence-corrected chi connectivity index (χ1v) is 6.32. The minimum absolute atomic E-state index is 0.185. The normalized spacial score (nSPS) is 23.7. The van der Waals surface area contributed by atoms with E-state index in [0.717, 1.165) is 6.42 Å². The highest BCUT2D eigenvalue weighted by Gasteiger charge is 2.27. The van der Waals surface area contributed by atoms with Crippen LogP contribution in [0.5, 0.6) is 0 Å². The highest BCUT2D eigenvalue weighted by atomic mass is 14.3. The molecule has 88 valence electrons. The molecule has 0 fully saturated rings. The molecule has 0 spiro atoms. The summed E-state index contributed by atoms with van der Waals surface area (Å²) in [5, 5.41) is 0. The summed E-state index contributed by atoms with van der Waals surface area (Å²) in [6, 6.07) is 10.5. The highest BCUT2D eigenvalue weighted by molar-refractivity contribution is 5.51. The van der Waals surface area contributed by atoms with Crippen LogP contribution >= 0.6 is 0 Å². The van der Waals surface area contributed by atoms with Gasteiger partial charge < -0.3 is 0 Å². The van der Waals surface area contributed by atoms with Crippen LogP contribution in [0.25, 0.3) is 6.08 Å². The Morgan fingerprint density at radius 2 is 1.88 bits per heavy atom. The van der Waals surface area contributed by atoms with Crippen molar-refractivity contribution in [1.29, 1.82) is 0 Å². The molecule has 0 aliphatic heterocycles. The largest absolute Gasteiger partial charge is 0.0834 e. The van der Waals surface area contributed by atoms with Crippen molar-refractivity contribution in [3.8, 4) is 0 Å². The Kier molecular flexibility index (Phi) is 3.63. The van der Waals surface area contributed by atoms with Gasteiger partial charge in [-0.1, -0.05) is 80.6 Å². The minimum Gasteiger partial charge on any atom is -0.0834 e. The molecule has 2 rings (SSSR count). The molecule has 17 heavy (non-hydrogen) atoms. The van der Waals surface area contributed by atoms with E-state index in [4.69, 9.17) is 0 Å². The third-order valence-corrected chi connectivity index (χ3v) is 3.59. The van der Waals surface area contributed by atoms with Gasteiger partial charge in [0.15, 0.2) is 0 Å². The van der Waals surface area contributed by atoms with Crippen molar-refractivity contribution in [3.63, 3.8) is 0 Å². The lowest BCUT2D eigenvalue weighted by Crippen LogP contribution is -2.22. The van der Waals surface area contributed by atoms with E-state index in [2.05, 4.69) is 80.6 Å². The Hall–Kier alpha value is -1.56. The Labute approximate surface area is 104 Å². The van der Waals surface area contributed by atoms with E-state index in [0.29, 0.717) is 5.92 Å². The second kappa shape index (κ2) is 5.18. The molecule has 0 heteroatoms. The summed E-state index contributed by atoms with van der Waals surface area (Å²) in [5.74, 6) is 0.615. The Balaban J connectivity index is 2.22. The number of hydrogen-bond donors (Lipinski definition) is 0. The quantitative estimate of drug-likeness (QED) is 0.688. The van der Waals surface area contributed by atoms with Gasteiger partial charge in [-0.2, -0.15) is 0 Å². The van der Waals surface area contributed by atoms with Gasteiger partial charge in [0.2, 0.25) is 0 Å². The lowest BCUT2D eigenvalue weighted by atomic mass is 9.72. The molecule has 0 saturated carbocycles. The molecular weight excluding hydrogens is 204 g/mol. The summed E-state index contributed by atoms with van der Waals surface area (Å²) < 4.78 is 0. The van der Waals surface area contributed by atoms with Crippen molar-refractivity contribution in [2.45, 2.75) is 20.3 Å². The molecule has 0 aromatic heterocycles. The average Bonchev–Trinajstić information content (AvgIpc) is 2.38. The summed E-state index contributed by atoms with van der Waals surface area (Å²) in [6.07, 6.45) is 14.6. The number of benzene rings is 1. The van der Waals surface area contributed by atoms with Crippen LogP contribution in [-0.2, 0) is 0 Å². The van der Waals surface area contributed by atoms with Gasteiger partial charge in [-0.3, -0.25) is 0 Å². The average molecular weight is 224 g/mol. The van der Waals surface area contributed by atoms with Crippen LogP contribution < -0.4 is 0 Å². The lowest BCUT2D eigenvalue weighted by molar-refractivity contribution is 0.349. The van der Waals surface area contributed by atoms with Crippen molar-refractivity contribution in [2.75, 3.05) is 0 Å². The lowest BCUT2D eigenvalue weighted by Gasteiger charge is -2.32. The van der Waals surface area contributed by atoms with Crippen LogP contribution in [0.3, 0.4) is 0 Å². The van der Waals surface area contributed by atoms with Gasteiger partial charge >= 0.3 is 0 Å². The van der Waals surface area contributed by atoms with Crippen LogP contribution in [0.4, 0.5) is 0 Å². The summed E-state index contributed by atoms with van der Waals surface area (Å²) in [7, 11) is 0. The van der Waals surface area contributed by atoms with Gasteiger partial charge in [-0.15, -0.1) is 0 Å². The number of rotatable bonds is 3. The number of hydrogen-bond acceptors (Lipinski definition) is 0. The predicted molar refractivity (Wildman–Crippen MR) is 75.6 cm³/mol. The van der Waals surface area contributed by atoms with Gasteiger partial charge in [0.1, 0.15) is 0 Å². The minimum atomic E-state index is 0.185. The maximum absolute atomic E-state index is 2.35. The van der Waals surface area contributed by atoms with Gasteiger partial charge in [0.05, 0.1) is 0 Å². The molecular formula is C17H20. The summed E-state index contributed by atoms with van der Waals surface area (Å²) in [5.41, 5.74) is 1.46. The fourth-order valence-corrected chi connectivity index (χ4v) is 2.21. The van der Waals surface area contributed by atoms with Crippen LogP contribution in [0.2, 0.25) is 0 Å². The molecule has 1 unspecified atom stereocenters.